The molecule has 13 nitrogen and oxygen atoms in total. The van der Waals surface area contributed by atoms with Crippen molar-refractivity contribution in [3.63, 3.8) is 0 Å². The Morgan fingerprint density at radius 1 is 1.04 bits per heavy atom. The number of hydrogen-bond donors (Lipinski definition) is 3. The number of thiazole rings is 1. The highest BCUT2D eigenvalue weighted by Crippen LogP contribution is 2.46. The molecule has 0 unspecified atom stereocenters. The molecule has 3 aliphatic heterocycles. The van der Waals surface area contributed by atoms with Gasteiger partial charge in [0.25, 0.3) is 5.91 Å². The van der Waals surface area contributed by atoms with Gasteiger partial charge < -0.3 is 20.3 Å². The first kappa shape index (κ1) is 38.0. The third-order valence-corrected chi connectivity index (χ3v) is 13.8. The van der Waals surface area contributed by atoms with Gasteiger partial charge in [0, 0.05) is 35.4 Å². The number of allylic oxidation sites excluding steroid dienone is 1. The maximum atomic E-state index is 14.6. The first-order valence-electron chi connectivity index (χ1n) is 19.0. The van der Waals surface area contributed by atoms with Crippen LogP contribution in [0.3, 0.4) is 0 Å². The van der Waals surface area contributed by atoms with E-state index in [1.807, 2.05) is 12.2 Å². The lowest BCUT2D eigenvalue weighted by atomic mass is 10.1. The number of amides is 4. The Labute approximate surface area is 326 Å². The van der Waals surface area contributed by atoms with Gasteiger partial charge in [-0.15, -0.1) is 11.3 Å². The molecular weight excluding hydrogens is 767 g/mol. The molecule has 8 rings (SSSR count). The molecular formula is C39H42F2N6O7S2. The molecule has 4 heterocycles. The SMILES string of the molecule is O=C1N[C@]2(C(=O)NS(=O)(=O)C3CC3)C[C@H]2/C=C\CCCCC[C@H](Nc2nc(-c3cccc(F)c3)cs2)C(=O)N2C[C@H](OC(=O)N3Cc4cccc(F)c4C3)C[C@@H]12. The second-order valence-electron chi connectivity index (χ2n) is 15.2. The van der Waals surface area contributed by atoms with Crippen molar-refractivity contribution in [3.8, 4) is 11.3 Å². The normalized spacial score (nSPS) is 27.2. The van der Waals surface area contributed by atoms with Crippen molar-refractivity contribution in [3.05, 3.63) is 82.8 Å². The summed E-state index contributed by atoms with van der Waals surface area (Å²) in [6.07, 6.45) is 6.41. The standard InChI is InChI=1S/C39H42F2N6O7S2/c40-26-11-6-8-23(16-26)32-22-55-37(43-32)42-31-13-5-3-1-2-4-10-25-18-39(25,36(50)45-56(52,53)28-14-15-28)44-34(48)33-17-27(20-47(33)35(31)49)54-38(51)46-19-24-9-7-12-30(41)29(24)21-46/h4,6-12,16,22,25,27-28,31,33H,1-3,5,13-15,17-21H2,(H,42,43)(H,44,48)(H,45,50)/b10-4-/t25-,27-,31+,33+,39-/m1/s1. The van der Waals surface area contributed by atoms with Crippen LogP contribution in [-0.4, -0.2) is 82.5 Å². The van der Waals surface area contributed by atoms with Gasteiger partial charge in [-0.1, -0.05) is 49.3 Å². The van der Waals surface area contributed by atoms with E-state index in [1.165, 1.54) is 39.3 Å². The van der Waals surface area contributed by atoms with E-state index in [4.69, 9.17) is 4.74 Å². The smallest absolute Gasteiger partial charge is 0.410 e. The monoisotopic (exact) mass is 808 g/mol. The molecule has 2 aliphatic carbocycles. The predicted molar refractivity (Wildman–Crippen MR) is 202 cm³/mol. The highest BCUT2D eigenvalue weighted by molar-refractivity contribution is 7.91. The summed E-state index contributed by atoms with van der Waals surface area (Å²) in [4.78, 5) is 63.5. The maximum absolute atomic E-state index is 14.6. The van der Waals surface area contributed by atoms with Crippen LogP contribution < -0.4 is 15.4 Å². The van der Waals surface area contributed by atoms with Crippen LogP contribution in [0.25, 0.3) is 11.3 Å². The third kappa shape index (κ3) is 7.88. The minimum absolute atomic E-state index is 0.00778. The molecule has 0 radical (unpaired) electrons. The fourth-order valence-electron chi connectivity index (χ4n) is 7.84. The molecule has 296 valence electrons. The van der Waals surface area contributed by atoms with E-state index >= 15 is 0 Å². The van der Waals surface area contributed by atoms with Crippen LogP contribution in [0.4, 0.5) is 18.7 Å². The minimum atomic E-state index is -3.92. The summed E-state index contributed by atoms with van der Waals surface area (Å²) < 4.78 is 62.2. The number of hydrogen-bond acceptors (Lipinski definition) is 10. The van der Waals surface area contributed by atoms with Gasteiger partial charge in [-0.25, -0.2) is 27.0 Å². The Morgan fingerprint density at radius 3 is 2.64 bits per heavy atom. The number of carbonyl (C=O) groups is 4. The van der Waals surface area contributed by atoms with Crippen molar-refractivity contribution in [1.29, 1.82) is 0 Å². The van der Waals surface area contributed by atoms with Gasteiger partial charge in [0.05, 0.1) is 24.0 Å². The molecule has 4 amide bonds. The zero-order valence-electron chi connectivity index (χ0n) is 30.4. The minimum Gasteiger partial charge on any atom is -0.444 e. The quantitative estimate of drug-likeness (QED) is 0.279. The number of aromatic nitrogens is 1. The van der Waals surface area contributed by atoms with Gasteiger partial charge in [0.2, 0.25) is 21.8 Å². The Bertz CT molecular complexity index is 2200. The fourth-order valence-corrected chi connectivity index (χ4v) is 9.98. The predicted octanol–water partition coefficient (Wildman–Crippen LogP) is 4.99. The summed E-state index contributed by atoms with van der Waals surface area (Å²) in [7, 11) is -3.92. The number of fused-ring (bicyclic) bond motifs is 3. The van der Waals surface area contributed by atoms with Crippen molar-refractivity contribution in [1.82, 2.24) is 24.8 Å². The van der Waals surface area contributed by atoms with E-state index in [-0.39, 0.29) is 32.5 Å². The Kier molecular flexibility index (Phi) is 10.3. The number of rotatable bonds is 7. The number of sulfonamides is 1. The molecule has 3 aromatic rings. The van der Waals surface area contributed by atoms with Crippen LogP contribution in [0.1, 0.15) is 68.9 Å². The molecule has 3 fully saturated rings. The van der Waals surface area contributed by atoms with Gasteiger partial charge in [0.1, 0.15) is 35.4 Å². The van der Waals surface area contributed by atoms with Crippen LogP contribution in [0.15, 0.2) is 60.0 Å². The van der Waals surface area contributed by atoms with E-state index < -0.39 is 80.4 Å². The molecule has 2 saturated carbocycles. The van der Waals surface area contributed by atoms with Crippen LogP contribution in [0, 0.1) is 17.6 Å². The third-order valence-electron chi connectivity index (χ3n) is 11.2. The number of halogens is 2. The van der Waals surface area contributed by atoms with Crippen LogP contribution >= 0.6 is 11.3 Å². The Balaban J connectivity index is 1.06. The lowest BCUT2D eigenvalue weighted by molar-refractivity contribution is -0.140. The molecule has 2 aromatic carbocycles. The highest BCUT2D eigenvalue weighted by atomic mass is 32.2. The molecule has 17 heteroatoms. The molecule has 5 aliphatic rings. The zero-order chi connectivity index (χ0) is 39.2. The summed E-state index contributed by atoms with van der Waals surface area (Å²) in [6.45, 7) is 0.00769. The first-order chi connectivity index (χ1) is 26.9. The molecule has 5 atom stereocenters. The van der Waals surface area contributed by atoms with Crippen molar-refractivity contribution < 1.29 is 41.1 Å². The molecule has 0 spiro atoms. The maximum Gasteiger partial charge on any atom is 0.410 e. The lowest BCUT2D eigenvalue weighted by Gasteiger charge is -2.29. The van der Waals surface area contributed by atoms with Crippen molar-refractivity contribution in [2.24, 2.45) is 5.92 Å². The van der Waals surface area contributed by atoms with E-state index in [2.05, 4.69) is 20.3 Å². The van der Waals surface area contributed by atoms with E-state index in [0.29, 0.717) is 59.6 Å². The van der Waals surface area contributed by atoms with Crippen molar-refractivity contribution in [2.75, 3.05) is 11.9 Å². The fraction of sp³-hybridized carbons (Fsp3) is 0.462. The van der Waals surface area contributed by atoms with Crippen molar-refractivity contribution in [2.45, 2.75) is 99.9 Å². The molecule has 56 heavy (non-hydrogen) atoms. The zero-order valence-corrected chi connectivity index (χ0v) is 32.1. The molecule has 0 bridgehead atoms. The summed E-state index contributed by atoms with van der Waals surface area (Å²) >= 11 is 1.25. The number of nitrogens with one attached hydrogen (secondary N) is 3. The molecule has 1 saturated heterocycles. The second kappa shape index (κ2) is 15.2. The number of nitrogens with zero attached hydrogens (tertiary/aromatic N) is 3. The average molecular weight is 809 g/mol. The average Bonchev–Trinajstić information content (AvgIpc) is 3.96. The van der Waals surface area contributed by atoms with Gasteiger partial charge in [-0.3, -0.25) is 24.0 Å². The molecule has 3 N–H and O–H groups in total. The summed E-state index contributed by atoms with van der Waals surface area (Å²) in [6, 6.07) is 8.63. The van der Waals surface area contributed by atoms with E-state index in [0.717, 1.165) is 12.8 Å². The highest BCUT2D eigenvalue weighted by Gasteiger charge is 2.62. The number of anilines is 1. The Hall–Kier alpha value is -4.90. The van der Waals surface area contributed by atoms with Gasteiger partial charge >= 0.3 is 6.09 Å². The van der Waals surface area contributed by atoms with Crippen LogP contribution in [0.2, 0.25) is 0 Å². The number of ether oxygens (including phenoxy) is 1. The summed E-state index contributed by atoms with van der Waals surface area (Å²) in [5, 5.41) is 7.60. The summed E-state index contributed by atoms with van der Waals surface area (Å²) in [5.41, 5.74) is 0.606. The first-order valence-corrected chi connectivity index (χ1v) is 21.4. The van der Waals surface area contributed by atoms with Gasteiger partial charge in [-0.05, 0) is 62.3 Å². The van der Waals surface area contributed by atoms with Crippen LogP contribution in [-0.2, 0) is 42.2 Å². The van der Waals surface area contributed by atoms with Gasteiger partial charge in [0.15, 0.2) is 5.13 Å². The van der Waals surface area contributed by atoms with E-state index in [1.54, 1.807) is 29.6 Å². The number of benzene rings is 2. The second-order valence-corrected chi connectivity index (χ2v) is 18.1. The van der Waals surface area contributed by atoms with E-state index in [9.17, 15) is 36.4 Å². The van der Waals surface area contributed by atoms with Crippen molar-refractivity contribution >= 4 is 50.3 Å². The van der Waals surface area contributed by atoms with Gasteiger partial charge in [-0.2, -0.15) is 0 Å². The lowest BCUT2D eigenvalue weighted by Crippen LogP contribution is -2.57. The summed E-state index contributed by atoms with van der Waals surface area (Å²) in [5.74, 6) is -3.25. The number of carbonyl (C=O) groups excluding carboxylic acids is 4. The largest absolute Gasteiger partial charge is 0.444 e. The Morgan fingerprint density at radius 2 is 1.86 bits per heavy atom. The molecule has 1 aromatic heterocycles. The van der Waals surface area contributed by atoms with Crippen LogP contribution in [0.5, 0.6) is 0 Å². The topological polar surface area (TPSA) is 167 Å².